The Balaban J connectivity index is 1.28. The SMILES string of the molecule is Cc1ccc2c(c1)c1cc(C)ccc1n2-c1c(-c2cc(-c3ccccc3)nc(-c3ccccc3)n2)c(-c2ccc(C)nc2C)c(-n2c3ccc(C)cc3c3cc(C)ccc32)c(-n2c3ccc(C)cc3c3cc(C)ccc32)c1-n1c2ccc(C)cc2c2cc(C)ccc21. The van der Waals surface area contributed by atoms with E-state index in [4.69, 9.17) is 15.0 Å². The zero-order valence-corrected chi connectivity index (χ0v) is 53.5. The molecule has 17 aromatic rings. The number of hydrogen-bond acceptors (Lipinski definition) is 3. The van der Waals surface area contributed by atoms with Crippen molar-refractivity contribution in [3.63, 3.8) is 0 Å². The molecule has 7 nitrogen and oxygen atoms in total. The van der Waals surface area contributed by atoms with Crippen molar-refractivity contribution in [1.29, 1.82) is 0 Å². The van der Waals surface area contributed by atoms with E-state index < -0.39 is 0 Å². The minimum Gasteiger partial charge on any atom is -0.306 e. The summed E-state index contributed by atoms with van der Waals surface area (Å²) in [6.07, 6.45) is 0. The Morgan fingerprint density at radius 1 is 0.239 bits per heavy atom. The van der Waals surface area contributed by atoms with Gasteiger partial charge in [-0.2, -0.15) is 0 Å². The third kappa shape index (κ3) is 8.45. The first-order valence-corrected chi connectivity index (χ1v) is 32.0. The van der Waals surface area contributed by atoms with Crippen molar-refractivity contribution in [3.8, 4) is 67.8 Å². The molecular formula is C85H67N7. The molecule has 0 spiro atoms. The second-order valence-electron chi connectivity index (χ2n) is 25.9. The summed E-state index contributed by atoms with van der Waals surface area (Å²) in [7, 11) is 0. The molecule has 0 fully saturated rings. The Hall–Kier alpha value is -11.2. The molecule has 6 heterocycles. The van der Waals surface area contributed by atoms with E-state index >= 15 is 0 Å². The maximum absolute atomic E-state index is 6.07. The summed E-state index contributed by atoms with van der Waals surface area (Å²) in [5, 5.41) is 9.41. The predicted octanol–water partition coefficient (Wildman–Crippen LogP) is 22.0. The summed E-state index contributed by atoms with van der Waals surface area (Å²) in [5.74, 6) is 0.622. The summed E-state index contributed by atoms with van der Waals surface area (Å²) >= 11 is 0. The zero-order chi connectivity index (χ0) is 62.5. The van der Waals surface area contributed by atoms with Crippen LogP contribution in [0, 0.1) is 69.2 Å². The summed E-state index contributed by atoms with van der Waals surface area (Å²) < 4.78 is 10.5. The Kier molecular flexibility index (Phi) is 12.4. The standard InChI is InChI=1S/C85H67N7/c1-48-21-31-71-61(39-48)62-40-49(2)22-32-72(62)89(71)81-79(60-30-29-56(9)86-57(60)10)80(70-47-69(58-17-13-11-14-18-58)87-85(88-70)59-19-15-12-16-20-59)82(90-73-33-23-50(3)41-63(73)64-42-51(4)24-34-74(64)90)84(92-77-37-27-54(7)45-67(77)68-46-55(8)28-38-78(68)92)83(81)91-75-35-25-52(5)43-65(75)66-44-53(6)26-36-76(66)91/h11-47H,1-10H3. The fourth-order valence-corrected chi connectivity index (χ4v) is 15.0. The fourth-order valence-electron chi connectivity index (χ4n) is 15.0. The molecule has 0 saturated heterocycles. The van der Waals surface area contributed by atoms with E-state index in [1.165, 1.54) is 87.6 Å². The van der Waals surface area contributed by atoms with Crippen LogP contribution in [0.25, 0.3) is 155 Å². The Morgan fingerprint density at radius 3 is 0.859 bits per heavy atom. The van der Waals surface area contributed by atoms with Crippen LogP contribution in [0.15, 0.2) is 224 Å². The molecule has 11 aromatic carbocycles. The van der Waals surface area contributed by atoms with Gasteiger partial charge in [-0.05, 0) is 178 Å². The molecule has 0 aliphatic carbocycles. The molecule has 0 unspecified atom stereocenters. The van der Waals surface area contributed by atoms with Crippen LogP contribution in [0.3, 0.4) is 0 Å². The number of benzene rings is 11. The highest BCUT2D eigenvalue weighted by atomic mass is 15.1. The number of rotatable bonds is 8. The molecule has 0 amide bonds. The molecule has 0 radical (unpaired) electrons. The molecule has 7 heteroatoms. The first kappa shape index (κ1) is 55.0. The lowest BCUT2D eigenvalue weighted by Crippen LogP contribution is -2.17. The Morgan fingerprint density at radius 2 is 0.533 bits per heavy atom. The fraction of sp³-hybridized carbons (Fsp3) is 0.118. The largest absolute Gasteiger partial charge is 0.306 e. The second kappa shape index (κ2) is 20.7. The lowest BCUT2D eigenvalue weighted by molar-refractivity contribution is 1.02. The minimum atomic E-state index is 0.622. The molecule has 0 aliphatic heterocycles. The smallest absolute Gasteiger partial charge is 0.160 e. The number of pyridine rings is 1. The van der Waals surface area contributed by atoms with Crippen molar-refractivity contribution in [2.45, 2.75) is 69.2 Å². The van der Waals surface area contributed by atoms with Crippen LogP contribution in [0.1, 0.15) is 55.9 Å². The molecule has 92 heavy (non-hydrogen) atoms. The Labute approximate surface area is 534 Å². The molecule has 17 rings (SSSR count). The average Bonchev–Trinajstić information content (AvgIpc) is 1.37. The normalized spacial score (nSPS) is 12.0. The van der Waals surface area contributed by atoms with Gasteiger partial charge in [-0.15, -0.1) is 0 Å². The number of nitrogens with zero attached hydrogens (tertiary/aromatic N) is 7. The van der Waals surface area contributed by atoms with Gasteiger partial charge < -0.3 is 18.3 Å². The van der Waals surface area contributed by atoms with Gasteiger partial charge in [0.1, 0.15) is 0 Å². The van der Waals surface area contributed by atoms with Gasteiger partial charge in [-0.25, -0.2) is 9.97 Å². The third-order valence-corrected chi connectivity index (χ3v) is 19.2. The number of fused-ring (bicyclic) bond motifs is 12. The average molecular weight is 1190 g/mol. The van der Waals surface area contributed by atoms with E-state index in [9.17, 15) is 0 Å². The lowest BCUT2D eigenvalue weighted by atomic mass is 9.88. The minimum absolute atomic E-state index is 0.622. The van der Waals surface area contributed by atoms with Crippen LogP contribution in [-0.4, -0.2) is 33.2 Å². The quantitative estimate of drug-likeness (QED) is 0.152. The monoisotopic (exact) mass is 1190 g/mol. The van der Waals surface area contributed by atoms with Crippen molar-refractivity contribution < 1.29 is 0 Å². The van der Waals surface area contributed by atoms with E-state index in [1.807, 2.05) is 0 Å². The van der Waals surface area contributed by atoms with Crippen molar-refractivity contribution in [3.05, 3.63) is 280 Å². The van der Waals surface area contributed by atoms with Crippen LogP contribution in [0.5, 0.6) is 0 Å². The van der Waals surface area contributed by atoms with Crippen molar-refractivity contribution in [2.75, 3.05) is 0 Å². The number of aromatic nitrogens is 7. The van der Waals surface area contributed by atoms with Gasteiger partial charge in [0.05, 0.1) is 78.3 Å². The summed E-state index contributed by atoms with van der Waals surface area (Å²) in [6, 6.07) is 84.2. The molecule has 6 aromatic heterocycles. The van der Waals surface area contributed by atoms with Crippen LogP contribution in [0.2, 0.25) is 0 Å². The Bertz CT molecular complexity index is 5690. The third-order valence-electron chi connectivity index (χ3n) is 19.2. The maximum Gasteiger partial charge on any atom is 0.160 e. The van der Waals surface area contributed by atoms with E-state index in [-0.39, 0.29) is 0 Å². The van der Waals surface area contributed by atoms with E-state index in [0.29, 0.717) is 5.82 Å². The molecule has 0 saturated carbocycles. The highest BCUT2D eigenvalue weighted by Gasteiger charge is 2.37. The van der Waals surface area contributed by atoms with Crippen molar-refractivity contribution in [1.82, 2.24) is 33.2 Å². The highest BCUT2D eigenvalue weighted by Crippen LogP contribution is 2.55. The predicted molar refractivity (Wildman–Crippen MR) is 386 cm³/mol. The van der Waals surface area contributed by atoms with Crippen LogP contribution >= 0.6 is 0 Å². The molecule has 0 atom stereocenters. The van der Waals surface area contributed by atoms with Crippen molar-refractivity contribution >= 4 is 87.2 Å². The molecule has 0 bridgehead atoms. The summed E-state index contributed by atoms with van der Waals surface area (Å²) in [6.45, 7) is 22.0. The molecular weight excluding hydrogens is 1120 g/mol. The topological polar surface area (TPSA) is 58.4 Å². The van der Waals surface area contributed by atoms with Gasteiger partial charge in [-0.3, -0.25) is 4.98 Å². The van der Waals surface area contributed by atoms with Gasteiger partial charge >= 0.3 is 0 Å². The van der Waals surface area contributed by atoms with Crippen LogP contribution in [0.4, 0.5) is 0 Å². The molecule has 0 N–H and O–H groups in total. The van der Waals surface area contributed by atoms with Crippen LogP contribution in [-0.2, 0) is 0 Å². The first-order chi connectivity index (χ1) is 44.7. The van der Waals surface area contributed by atoms with Gasteiger partial charge in [0.2, 0.25) is 0 Å². The number of hydrogen-bond donors (Lipinski definition) is 0. The van der Waals surface area contributed by atoms with E-state index in [2.05, 4.69) is 312 Å². The first-order valence-electron chi connectivity index (χ1n) is 32.0. The number of aryl methyl sites for hydroxylation is 10. The summed E-state index contributed by atoms with van der Waals surface area (Å²) in [4.78, 5) is 17.2. The molecule has 0 aliphatic rings. The zero-order valence-electron chi connectivity index (χ0n) is 53.5. The van der Waals surface area contributed by atoms with Gasteiger partial charge in [0.15, 0.2) is 5.82 Å². The van der Waals surface area contributed by atoms with Crippen LogP contribution < -0.4 is 0 Å². The summed E-state index contributed by atoms with van der Waals surface area (Å²) in [5.41, 5.74) is 30.4. The lowest BCUT2D eigenvalue weighted by Gasteiger charge is -2.31. The van der Waals surface area contributed by atoms with E-state index in [0.717, 1.165) is 117 Å². The van der Waals surface area contributed by atoms with Gasteiger partial charge in [-0.1, -0.05) is 160 Å². The van der Waals surface area contributed by atoms with Gasteiger partial charge in [0.25, 0.3) is 0 Å². The van der Waals surface area contributed by atoms with Crippen molar-refractivity contribution in [2.24, 2.45) is 0 Å². The highest BCUT2D eigenvalue weighted by molar-refractivity contribution is 6.19. The second-order valence-corrected chi connectivity index (χ2v) is 25.9. The van der Waals surface area contributed by atoms with Gasteiger partial charge in [0, 0.05) is 82.3 Å². The maximum atomic E-state index is 6.07. The molecule has 442 valence electrons. The van der Waals surface area contributed by atoms with E-state index in [1.54, 1.807) is 0 Å².